The molecule has 0 amide bonds. The van der Waals surface area contributed by atoms with Crippen molar-refractivity contribution in [1.82, 2.24) is 0 Å². The zero-order valence-electron chi connectivity index (χ0n) is 15.2. The SMILES string of the molecule is COc1cc(O)c2c(c1CC=C(C)C)OC(c1ccc(O)cc1)CC2O. The Morgan fingerprint density at radius 2 is 1.92 bits per heavy atom. The number of phenols is 2. The van der Waals surface area contributed by atoms with Crippen molar-refractivity contribution in [3.63, 3.8) is 0 Å². The topological polar surface area (TPSA) is 79.2 Å². The van der Waals surface area contributed by atoms with E-state index in [2.05, 4.69) is 6.08 Å². The molecule has 0 bridgehead atoms. The van der Waals surface area contributed by atoms with Gasteiger partial charge in [-0.1, -0.05) is 23.8 Å². The number of methoxy groups -OCH3 is 1. The van der Waals surface area contributed by atoms with Crippen LogP contribution >= 0.6 is 0 Å². The molecule has 0 saturated heterocycles. The van der Waals surface area contributed by atoms with Crippen molar-refractivity contribution < 1.29 is 24.8 Å². The van der Waals surface area contributed by atoms with Gasteiger partial charge in [0.1, 0.15) is 29.1 Å². The van der Waals surface area contributed by atoms with E-state index in [0.29, 0.717) is 29.9 Å². The van der Waals surface area contributed by atoms with Gasteiger partial charge in [-0.3, -0.25) is 0 Å². The van der Waals surface area contributed by atoms with Gasteiger partial charge >= 0.3 is 0 Å². The van der Waals surface area contributed by atoms with Gasteiger partial charge in [0.05, 0.1) is 18.8 Å². The predicted molar refractivity (Wildman–Crippen MR) is 98.8 cm³/mol. The molecule has 0 aliphatic carbocycles. The van der Waals surface area contributed by atoms with Crippen molar-refractivity contribution in [1.29, 1.82) is 0 Å². The number of aliphatic hydroxyl groups is 1. The largest absolute Gasteiger partial charge is 0.508 e. The Morgan fingerprint density at radius 3 is 2.54 bits per heavy atom. The average molecular weight is 356 g/mol. The molecular formula is C21H24O5. The third kappa shape index (κ3) is 3.48. The molecule has 0 spiro atoms. The van der Waals surface area contributed by atoms with Gasteiger partial charge in [0.2, 0.25) is 0 Å². The fourth-order valence-electron chi connectivity index (χ4n) is 3.22. The van der Waals surface area contributed by atoms with Crippen LogP contribution < -0.4 is 9.47 Å². The lowest BCUT2D eigenvalue weighted by Gasteiger charge is -2.32. The molecule has 3 N–H and O–H groups in total. The predicted octanol–water partition coefficient (Wildman–Crippen LogP) is 4.17. The summed E-state index contributed by atoms with van der Waals surface area (Å²) in [4.78, 5) is 0. The summed E-state index contributed by atoms with van der Waals surface area (Å²) in [5.41, 5.74) is 3.20. The standard InChI is InChI=1S/C21H24O5/c1-12(2)4-9-15-19(25-3)11-17(24)20-16(23)10-18(26-21(15)20)13-5-7-14(22)8-6-13/h4-8,11,16,18,22-24H,9-10H2,1-3H3. The van der Waals surface area contributed by atoms with E-state index in [4.69, 9.17) is 9.47 Å². The number of phenolic OH excluding ortho intramolecular Hbond substituents is 2. The smallest absolute Gasteiger partial charge is 0.136 e. The van der Waals surface area contributed by atoms with E-state index in [1.807, 2.05) is 13.8 Å². The third-order valence-corrected chi connectivity index (χ3v) is 4.59. The minimum Gasteiger partial charge on any atom is -0.508 e. The molecule has 1 heterocycles. The van der Waals surface area contributed by atoms with Crippen LogP contribution in [0.1, 0.15) is 49.2 Å². The van der Waals surface area contributed by atoms with Crippen molar-refractivity contribution in [3.05, 3.63) is 58.7 Å². The average Bonchev–Trinajstić information content (AvgIpc) is 2.60. The second-order valence-corrected chi connectivity index (χ2v) is 6.75. The Labute approximate surface area is 153 Å². The molecule has 0 radical (unpaired) electrons. The molecule has 2 atom stereocenters. The zero-order valence-corrected chi connectivity index (χ0v) is 15.2. The van der Waals surface area contributed by atoms with Crippen LogP contribution in [0.4, 0.5) is 0 Å². The lowest BCUT2D eigenvalue weighted by molar-refractivity contribution is 0.0623. The van der Waals surface area contributed by atoms with Crippen LogP contribution in [-0.4, -0.2) is 22.4 Å². The highest BCUT2D eigenvalue weighted by atomic mass is 16.5. The van der Waals surface area contributed by atoms with Crippen molar-refractivity contribution in [2.24, 2.45) is 0 Å². The molecule has 1 aliphatic heterocycles. The first kappa shape index (κ1) is 18.1. The highest BCUT2D eigenvalue weighted by Gasteiger charge is 2.33. The highest BCUT2D eigenvalue weighted by molar-refractivity contribution is 5.59. The molecule has 5 heteroatoms. The Hall–Kier alpha value is -2.66. The first-order valence-corrected chi connectivity index (χ1v) is 8.60. The van der Waals surface area contributed by atoms with Crippen LogP contribution in [0.5, 0.6) is 23.0 Å². The minimum absolute atomic E-state index is 0.0329. The van der Waals surface area contributed by atoms with Crippen LogP contribution in [0.2, 0.25) is 0 Å². The Kier molecular flexibility index (Phi) is 5.09. The molecule has 5 nitrogen and oxygen atoms in total. The van der Waals surface area contributed by atoms with Crippen LogP contribution in [0.25, 0.3) is 0 Å². The number of rotatable bonds is 4. The maximum absolute atomic E-state index is 10.6. The van der Waals surface area contributed by atoms with Gasteiger partial charge in [0, 0.05) is 18.1 Å². The summed E-state index contributed by atoms with van der Waals surface area (Å²) in [6.45, 7) is 4.02. The van der Waals surface area contributed by atoms with Gasteiger partial charge < -0.3 is 24.8 Å². The highest BCUT2D eigenvalue weighted by Crippen LogP contribution is 2.50. The van der Waals surface area contributed by atoms with E-state index < -0.39 is 6.10 Å². The Morgan fingerprint density at radius 1 is 1.23 bits per heavy atom. The monoisotopic (exact) mass is 356 g/mol. The van der Waals surface area contributed by atoms with Gasteiger partial charge in [-0.05, 0) is 38.0 Å². The number of allylic oxidation sites excluding steroid dienone is 2. The molecule has 0 fully saturated rings. The molecule has 3 rings (SSSR count). The summed E-state index contributed by atoms with van der Waals surface area (Å²) in [6, 6.07) is 8.25. The number of aromatic hydroxyl groups is 2. The molecule has 0 saturated carbocycles. The van der Waals surface area contributed by atoms with Gasteiger partial charge in [0.15, 0.2) is 0 Å². The summed E-state index contributed by atoms with van der Waals surface area (Å²) < 4.78 is 11.6. The van der Waals surface area contributed by atoms with Crippen LogP contribution in [0.15, 0.2) is 42.0 Å². The van der Waals surface area contributed by atoms with Gasteiger partial charge in [0.25, 0.3) is 0 Å². The van der Waals surface area contributed by atoms with E-state index in [0.717, 1.165) is 16.7 Å². The first-order valence-electron chi connectivity index (χ1n) is 8.60. The van der Waals surface area contributed by atoms with Crippen LogP contribution in [0, 0.1) is 0 Å². The summed E-state index contributed by atoms with van der Waals surface area (Å²) >= 11 is 0. The summed E-state index contributed by atoms with van der Waals surface area (Å²) in [5.74, 6) is 1.14. The molecule has 2 aromatic rings. The molecular weight excluding hydrogens is 332 g/mol. The Balaban J connectivity index is 2.08. The maximum Gasteiger partial charge on any atom is 0.136 e. The number of ether oxygens (including phenoxy) is 2. The lowest BCUT2D eigenvalue weighted by Crippen LogP contribution is -2.20. The molecule has 2 unspecified atom stereocenters. The molecule has 26 heavy (non-hydrogen) atoms. The summed E-state index contributed by atoms with van der Waals surface area (Å²) in [7, 11) is 1.55. The number of fused-ring (bicyclic) bond motifs is 1. The molecule has 1 aliphatic rings. The van der Waals surface area contributed by atoms with Crippen molar-refractivity contribution in [2.45, 2.75) is 38.9 Å². The second kappa shape index (κ2) is 7.30. The number of hydrogen-bond acceptors (Lipinski definition) is 5. The van der Waals surface area contributed by atoms with E-state index in [1.54, 1.807) is 31.4 Å². The maximum atomic E-state index is 10.6. The first-order chi connectivity index (χ1) is 12.4. The van der Waals surface area contributed by atoms with Crippen molar-refractivity contribution in [3.8, 4) is 23.0 Å². The zero-order chi connectivity index (χ0) is 18.8. The summed E-state index contributed by atoms with van der Waals surface area (Å²) in [5, 5.41) is 30.5. The Bertz CT molecular complexity index is 819. The molecule has 0 aromatic heterocycles. The number of aliphatic hydroxyl groups excluding tert-OH is 1. The normalized spacial score (nSPS) is 18.6. The fourth-order valence-corrected chi connectivity index (χ4v) is 3.22. The quantitative estimate of drug-likeness (QED) is 0.717. The number of hydrogen-bond donors (Lipinski definition) is 3. The van der Waals surface area contributed by atoms with E-state index in [-0.39, 0.29) is 17.6 Å². The van der Waals surface area contributed by atoms with E-state index in [1.165, 1.54) is 6.07 Å². The van der Waals surface area contributed by atoms with E-state index in [9.17, 15) is 15.3 Å². The van der Waals surface area contributed by atoms with Crippen molar-refractivity contribution >= 4 is 0 Å². The van der Waals surface area contributed by atoms with Crippen LogP contribution in [0.3, 0.4) is 0 Å². The molecule has 138 valence electrons. The second-order valence-electron chi connectivity index (χ2n) is 6.75. The van der Waals surface area contributed by atoms with E-state index >= 15 is 0 Å². The van der Waals surface area contributed by atoms with Gasteiger partial charge in [-0.2, -0.15) is 0 Å². The van der Waals surface area contributed by atoms with Gasteiger partial charge in [-0.15, -0.1) is 0 Å². The lowest BCUT2D eigenvalue weighted by atomic mass is 9.91. The summed E-state index contributed by atoms with van der Waals surface area (Å²) in [6.07, 6.45) is 1.71. The van der Waals surface area contributed by atoms with Crippen molar-refractivity contribution in [2.75, 3.05) is 7.11 Å². The van der Waals surface area contributed by atoms with Gasteiger partial charge in [-0.25, -0.2) is 0 Å². The van der Waals surface area contributed by atoms with Crippen LogP contribution in [-0.2, 0) is 6.42 Å². The fraction of sp³-hybridized carbons (Fsp3) is 0.333. The molecule has 2 aromatic carbocycles. The number of benzene rings is 2. The minimum atomic E-state index is -0.853. The third-order valence-electron chi connectivity index (χ3n) is 4.59.